The third kappa shape index (κ3) is 4.09. The summed E-state index contributed by atoms with van der Waals surface area (Å²) in [6, 6.07) is 8.23. The Morgan fingerprint density at radius 1 is 1.23 bits per heavy atom. The number of oxazole rings is 1. The van der Waals surface area contributed by atoms with Gasteiger partial charge in [0.2, 0.25) is 5.89 Å². The highest BCUT2D eigenvalue weighted by molar-refractivity contribution is 6.30. The topological polar surface area (TPSA) is 49.5 Å². The average molecular weight is 321 g/mol. The number of halogens is 1. The number of hydrogen-bond donors (Lipinski definition) is 1. The number of aromatic nitrogens is 1. The minimum absolute atomic E-state index is 0.262. The van der Waals surface area contributed by atoms with E-state index < -0.39 is 0 Å². The first-order valence-corrected chi connectivity index (χ1v) is 8.19. The molecule has 5 heteroatoms. The van der Waals surface area contributed by atoms with E-state index in [9.17, 15) is 0 Å². The molecule has 2 aromatic rings. The fourth-order valence-corrected chi connectivity index (χ4v) is 2.69. The minimum atomic E-state index is 0.262. The monoisotopic (exact) mass is 320 g/mol. The molecule has 1 saturated carbocycles. The Labute approximate surface area is 135 Å². The summed E-state index contributed by atoms with van der Waals surface area (Å²) in [5, 5.41) is 9.63. The minimum Gasteiger partial charge on any atom is -0.439 e. The number of aliphatic hydroxyl groups is 1. The molecule has 22 heavy (non-hydrogen) atoms. The van der Waals surface area contributed by atoms with E-state index in [1.165, 1.54) is 12.8 Å². The molecular weight excluding hydrogens is 300 g/mol. The Morgan fingerprint density at radius 2 is 2.00 bits per heavy atom. The van der Waals surface area contributed by atoms with E-state index in [1.807, 2.05) is 24.3 Å². The van der Waals surface area contributed by atoms with Crippen molar-refractivity contribution < 1.29 is 9.52 Å². The lowest BCUT2D eigenvalue weighted by atomic mass is 10.2. The van der Waals surface area contributed by atoms with Crippen molar-refractivity contribution in [3.63, 3.8) is 0 Å². The lowest BCUT2D eigenvalue weighted by Gasteiger charge is -2.19. The number of unbranched alkanes of at least 4 members (excludes halogenated alkanes) is 1. The maximum Gasteiger partial charge on any atom is 0.209 e. The summed E-state index contributed by atoms with van der Waals surface area (Å²) < 4.78 is 5.88. The second kappa shape index (κ2) is 7.27. The maximum atomic E-state index is 8.91. The fourth-order valence-electron chi connectivity index (χ4n) is 2.56. The molecular formula is C17H21ClN2O2. The molecule has 1 aromatic heterocycles. The summed E-state index contributed by atoms with van der Waals surface area (Å²) in [6.45, 7) is 1.99. The van der Waals surface area contributed by atoms with E-state index in [4.69, 9.17) is 21.1 Å². The van der Waals surface area contributed by atoms with Gasteiger partial charge in [-0.05, 0) is 56.5 Å². The van der Waals surface area contributed by atoms with Crippen molar-refractivity contribution in [3.05, 3.63) is 41.4 Å². The van der Waals surface area contributed by atoms with E-state index in [-0.39, 0.29) is 6.61 Å². The van der Waals surface area contributed by atoms with Crippen molar-refractivity contribution >= 4 is 11.6 Å². The molecule has 118 valence electrons. The maximum absolute atomic E-state index is 8.91. The summed E-state index contributed by atoms with van der Waals surface area (Å²) in [7, 11) is 0. The van der Waals surface area contributed by atoms with Gasteiger partial charge in [0.05, 0.1) is 12.7 Å². The van der Waals surface area contributed by atoms with Crippen LogP contribution in [0.5, 0.6) is 0 Å². The largest absolute Gasteiger partial charge is 0.439 e. The SMILES string of the molecule is OCCCCN(Cc1ncc(-c2ccc(Cl)cc2)o1)C1CC1. The molecule has 0 saturated heterocycles. The van der Waals surface area contributed by atoms with Gasteiger partial charge in [0, 0.05) is 23.2 Å². The molecule has 0 aliphatic heterocycles. The van der Waals surface area contributed by atoms with Crippen LogP contribution in [0.2, 0.25) is 5.02 Å². The van der Waals surface area contributed by atoms with Gasteiger partial charge in [-0.15, -0.1) is 0 Å². The van der Waals surface area contributed by atoms with Crippen molar-refractivity contribution in [1.29, 1.82) is 0 Å². The van der Waals surface area contributed by atoms with Gasteiger partial charge in [-0.25, -0.2) is 4.98 Å². The summed E-state index contributed by atoms with van der Waals surface area (Å²) in [4.78, 5) is 6.81. The summed E-state index contributed by atoms with van der Waals surface area (Å²) in [5.41, 5.74) is 0.987. The standard InChI is InChI=1S/C17H21ClN2O2/c18-14-5-3-13(4-6-14)16-11-19-17(22-16)12-20(15-7-8-15)9-1-2-10-21/h3-6,11,15,21H,1-2,7-10,12H2. The highest BCUT2D eigenvalue weighted by atomic mass is 35.5. The van der Waals surface area contributed by atoms with Crippen LogP contribution in [-0.4, -0.2) is 34.2 Å². The van der Waals surface area contributed by atoms with E-state index in [2.05, 4.69) is 9.88 Å². The predicted octanol–water partition coefficient (Wildman–Crippen LogP) is 3.73. The van der Waals surface area contributed by atoms with Crippen LogP contribution in [0.4, 0.5) is 0 Å². The third-order valence-corrected chi connectivity index (χ3v) is 4.19. The lowest BCUT2D eigenvalue weighted by Crippen LogP contribution is -2.27. The van der Waals surface area contributed by atoms with Crippen molar-refractivity contribution in [3.8, 4) is 11.3 Å². The Kier molecular flexibility index (Phi) is 5.13. The Balaban J connectivity index is 1.63. The molecule has 0 spiro atoms. The highest BCUT2D eigenvalue weighted by Crippen LogP contribution is 2.29. The van der Waals surface area contributed by atoms with Crippen LogP contribution in [0.3, 0.4) is 0 Å². The Bertz CT molecular complexity index is 593. The molecule has 3 rings (SSSR count). The van der Waals surface area contributed by atoms with Crippen LogP contribution in [0.1, 0.15) is 31.6 Å². The molecule has 0 unspecified atom stereocenters. The second-order valence-corrected chi connectivity index (χ2v) is 6.19. The summed E-state index contributed by atoms with van der Waals surface area (Å²) in [5.74, 6) is 1.53. The van der Waals surface area contributed by atoms with Gasteiger partial charge in [-0.3, -0.25) is 4.90 Å². The normalized spacial score (nSPS) is 14.7. The van der Waals surface area contributed by atoms with Gasteiger partial charge in [0.1, 0.15) is 0 Å². The quantitative estimate of drug-likeness (QED) is 0.753. The van der Waals surface area contributed by atoms with Gasteiger partial charge in [-0.2, -0.15) is 0 Å². The Hall–Kier alpha value is -1.36. The molecule has 0 radical (unpaired) electrons. The second-order valence-electron chi connectivity index (χ2n) is 5.76. The number of benzene rings is 1. The van der Waals surface area contributed by atoms with Crippen LogP contribution in [-0.2, 0) is 6.54 Å². The van der Waals surface area contributed by atoms with E-state index in [1.54, 1.807) is 6.20 Å². The summed E-state index contributed by atoms with van der Waals surface area (Å²) in [6.07, 6.45) is 6.15. The lowest BCUT2D eigenvalue weighted by molar-refractivity contribution is 0.212. The van der Waals surface area contributed by atoms with Crippen LogP contribution in [0, 0.1) is 0 Å². The molecule has 1 heterocycles. The zero-order chi connectivity index (χ0) is 15.4. The van der Waals surface area contributed by atoms with Crippen LogP contribution < -0.4 is 0 Å². The van der Waals surface area contributed by atoms with Crippen molar-refractivity contribution in [1.82, 2.24) is 9.88 Å². The van der Waals surface area contributed by atoms with Crippen molar-refractivity contribution in [2.75, 3.05) is 13.2 Å². The molecule has 1 aliphatic rings. The van der Waals surface area contributed by atoms with Gasteiger partial charge < -0.3 is 9.52 Å². The molecule has 1 aromatic carbocycles. The zero-order valence-electron chi connectivity index (χ0n) is 12.5. The number of rotatable bonds is 8. The zero-order valence-corrected chi connectivity index (χ0v) is 13.3. The predicted molar refractivity (Wildman–Crippen MR) is 86.7 cm³/mol. The van der Waals surface area contributed by atoms with Crippen molar-refractivity contribution in [2.45, 2.75) is 38.3 Å². The van der Waals surface area contributed by atoms with Gasteiger partial charge >= 0.3 is 0 Å². The highest BCUT2D eigenvalue weighted by Gasteiger charge is 2.29. The van der Waals surface area contributed by atoms with Crippen molar-refractivity contribution in [2.24, 2.45) is 0 Å². The first-order chi connectivity index (χ1) is 10.8. The third-order valence-electron chi connectivity index (χ3n) is 3.94. The first kappa shape index (κ1) is 15.5. The van der Waals surface area contributed by atoms with Crippen LogP contribution >= 0.6 is 11.6 Å². The fraction of sp³-hybridized carbons (Fsp3) is 0.471. The molecule has 0 amide bonds. The molecule has 0 bridgehead atoms. The molecule has 1 N–H and O–H groups in total. The van der Waals surface area contributed by atoms with Crippen LogP contribution in [0.15, 0.2) is 34.9 Å². The summed E-state index contributed by atoms with van der Waals surface area (Å²) >= 11 is 5.90. The average Bonchev–Trinajstić information content (AvgIpc) is 3.27. The molecule has 1 aliphatic carbocycles. The molecule has 1 fully saturated rings. The van der Waals surface area contributed by atoms with E-state index in [0.717, 1.165) is 43.1 Å². The molecule has 0 atom stereocenters. The van der Waals surface area contributed by atoms with Gasteiger partial charge in [0.25, 0.3) is 0 Å². The smallest absolute Gasteiger partial charge is 0.209 e. The van der Waals surface area contributed by atoms with E-state index in [0.29, 0.717) is 11.1 Å². The number of aliphatic hydroxyl groups excluding tert-OH is 1. The van der Waals surface area contributed by atoms with E-state index >= 15 is 0 Å². The first-order valence-electron chi connectivity index (χ1n) is 7.82. The number of hydrogen-bond acceptors (Lipinski definition) is 4. The number of nitrogens with zero attached hydrogens (tertiary/aromatic N) is 2. The van der Waals surface area contributed by atoms with Gasteiger partial charge in [0.15, 0.2) is 5.76 Å². The Morgan fingerprint density at radius 3 is 2.68 bits per heavy atom. The van der Waals surface area contributed by atoms with Gasteiger partial charge in [-0.1, -0.05) is 11.6 Å². The van der Waals surface area contributed by atoms with Crippen LogP contribution in [0.25, 0.3) is 11.3 Å². The molecule has 4 nitrogen and oxygen atoms in total.